The van der Waals surface area contributed by atoms with E-state index >= 15 is 0 Å². The molecular weight excluding hydrogens is 150 g/mol. The minimum absolute atomic E-state index is 0.511. The van der Waals surface area contributed by atoms with Crippen molar-refractivity contribution in [2.24, 2.45) is 0 Å². The van der Waals surface area contributed by atoms with Crippen molar-refractivity contribution in [1.82, 2.24) is 9.97 Å². The second kappa shape index (κ2) is 3.09. The highest BCUT2D eigenvalue weighted by Crippen LogP contribution is 2.32. The standard InChI is InChI=1S/C9H13N3/c10-9-6-11-8(5-12-9)7-3-1-2-4-7/h5-7H,1-4H2,(H2,10,12). The summed E-state index contributed by atoms with van der Waals surface area (Å²) in [5.74, 6) is 1.15. The molecule has 1 aliphatic carbocycles. The molecule has 0 aliphatic heterocycles. The zero-order valence-electron chi connectivity index (χ0n) is 7.03. The summed E-state index contributed by atoms with van der Waals surface area (Å²) in [6, 6.07) is 0. The van der Waals surface area contributed by atoms with Gasteiger partial charge in [-0.2, -0.15) is 0 Å². The van der Waals surface area contributed by atoms with Gasteiger partial charge in [-0.05, 0) is 12.8 Å². The van der Waals surface area contributed by atoms with Crippen LogP contribution in [0.3, 0.4) is 0 Å². The Bertz CT molecular complexity index is 249. The Kier molecular flexibility index (Phi) is 1.94. The van der Waals surface area contributed by atoms with Gasteiger partial charge in [-0.25, -0.2) is 4.98 Å². The lowest BCUT2D eigenvalue weighted by Gasteiger charge is -2.06. The molecule has 0 spiro atoms. The Hall–Kier alpha value is -1.12. The summed E-state index contributed by atoms with van der Waals surface area (Å²) < 4.78 is 0. The van der Waals surface area contributed by atoms with Crippen molar-refractivity contribution in [2.45, 2.75) is 31.6 Å². The molecule has 1 aromatic rings. The zero-order chi connectivity index (χ0) is 8.39. The normalized spacial score (nSPS) is 18.3. The van der Waals surface area contributed by atoms with E-state index in [1.807, 2.05) is 6.20 Å². The fourth-order valence-corrected chi connectivity index (χ4v) is 1.78. The second-order valence-corrected chi connectivity index (χ2v) is 3.35. The highest BCUT2D eigenvalue weighted by atomic mass is 14.9. The molecule has 2 rings (SSSR count). The van der Waals surface area contributed by atoms with Crippen molar-refractivity contribution < 1.29 is 0 Å². The number of nitrogens with two attached hydrogens (primary N) is 1. The van der Waals surface area contributed by atoms with Crippen LogP contribution in [-0.2, 0) is 0 Å². The number of anilines is 1. The van der Waals surface area contributed by atoms with E-state index < -0.39 is 0 Å². The molecule has 2 N–H and O–H groups in total. The summed E-state index contributed by atoms with van der Waals surface area (Å²) in [5, 5.41) is 0. The smallest absolute Gasteiger partial charge is 0.141 e. The van der Waals surface area contributed by atoms with Crippen LogP contribution in [-0.4, -0.2) is 9.97 Å². The van der Waals surface area contributed by atoms with Crippen molar-refractivity contribution in [3.05, 3.63) is 18.1 Å². The quantitative estimate of drug-likeness (QED) is 0.685. The largest absolute Gasteiger partial charge is 0.382 e. The Balaban J connectivity index is 2.17. The van der Waals surface area contributed by atoms with Gasteiger partial charge in [-0.3, -0.25) is 4.98 Å². The van der Waals surface area contributed by atoms with Crippen molar-refractivity contribution >= 4 is 5.82 Å². The first-order valence-corrected chi connectivity index (χ1v) is 4.43. The van der Waals surface area contributed by atoms with Crippen molar-refractivity contribution in [1.29, 1.82) is 0 Å². The van der Waals surface area contributed by atoms with Gasteiger partial charge < -0.3 is 5.73 Å². The minimum atomic E-state index is 0.511. The van der Waals surface area contributed by atoms with E-state index in [2.05, 4.69) is 9.97 Å². The fraction of sp³-hybridized carbons (Fsp3) is 0.556. The summed E-state index contributed by atoms with van der Waals surface area (Å²) in [4.78, 5) is 8.31. The first kappa shape index (κ1) is 7.53. The van der Waals surface area contributed by atoms with Gasteiger partial charge in [0.15, 0.2) is 0 Å². The Morgan fingerprint density at radius 3 is 2.50 bits per heavy atom. The molecule has 3 heteroatoms. The Morgan fingerprint density at radius 2 is 1.92 bits per heavy atom. The molecule has 1 fully saturated rings. The third-order valence-electron chi connectivity index (χ3n) is 2.47. The molecule has 1 saturated carbocycles. The van der Waals surface area contributed by atoms with E-state index in [1.165, 1.54) is 25.7 Å². The van der Waals surface area contributed by atoms with Crippen LogP contribution in [0.5, 0.6) is 0 Å². The molecule has 1 aromatic heterocycles. The lowest BCUT2D eigenvalue weighted by Crippen LogP contribution is -1.99. The highest BCUT2D eigenvalue weighted by Gasteiger charge is 2.17. The van der Waals surface area contributed by atoms with E-state index in [4.69, 9.17) is 5.73 Å². The zero-order valence-corrected chi connectivity index (χ0v) is 7.03. The van der Waals surface area contributed by atoms with Crippen LogP contribution in [0.1, 0.15) is 37.3 Å². The number of nitrogens with zero attached hydrogens (tertiary/aromatic N) is 2. The number of nitrogen functional groups attached to an aromatic ring is 1. The van der Waals surface area contributed by atoms with Crippen LogP contribution in [0, 0.1) is 0 Å². The highest BCUT2D eigenvalue weighted by molar-refractivity contribution is 5.23. The predicted octanol–water partition coefficient (Wildman–Crippen LogP) is 1.72. The van der Waals surface area contributed by atoms with Gasteiger partial charge in [0, 0.05) is 5.92 Å². The molecule has 1 heterocycles. The monoisotopic (exact) mass is 163 g/mol. The maximum Gasteiger partial charge on any atom is 0.141 e. The van der Waals surface area contributed by atoms with Crippen LogP contribution < -0.4 is 5.73 Å². The molecule has 1 aliphatic rings. The first-order valence-electron chi connectivity index (χ1n) is 4.43. The molecule has 0 bridgehead atoms. The molecule has 0 atom stereocenters. The molecule has 0 amide bonds. The van der Waals surface area contributed by atoms with Gasteiger partial charge in [0.2, 0.25) is 0 Å². The van der Waals surface area contributed by atoms with Gasteiger partial charge in [-0.1, -0.05) is 12.8 Å². The number of aromatic nitrogens is 2. The lowest BCUT2D eigenvalue weighted by molar-refractivity contribution is 0.693. The molecule has 3 nitrogen and oxygen atoms in total. The van der Waals surface area contributed by atoms with Gasteiger partial charge >= 0.3 is 0 Å². The summed E-state index contributed by atoms with van der Waals surface area (Å²) in [5.41, 5.74) is 6.56. The molecule has 0 unspecified atom stereocenters. The van der Waals surface area contributed by atoms with Crippen molar-refractivity contribution in [3.8, 4) is 0 Å². The van der Waals surface area contributed by atoms with Crippen LogP contribution in [0.15, 0.2) is 12.4 Å². The first-order chi connectivity index (χ1) is 5.86. The minimum Gasteiger partial charge on any atom is -0.382 e. The third-order valence-corrected chi connectivity index (χ3v) is 2.47. The van der Waals surface area contributed by atoms with E-state index in [-0.39, 0.29) is 0 Å². The van der Waals surface area contributed by atoms with E-state index in [0.717, 1.165) is 5.69 Å². The number of rotatable bonds is 1. The SMILES string of the molecule is Nc1cnc(C2CCCC2)cn1. The summed E-state index contributed by atoms with van der Waals surface area (Å²) in [6.07, 6.45) is 8.64. The molecule has 0 saturated heterocycles. The maximum atomic E-state index is 5.45. The lowest BCUT2D eigenvalue weighted by atomic mass is 10.1. The van der Waals surface area contributed by atoms with Crippen LogP contribution in [0.4, 0.5) is 5.82 Å². The van der Waals surface area contributed by atoms with Crippen LogP contribution >= 0.6 is 0 Å². The second-order valence-electron chi connectivity index (χ2n) is 3.35. The van der Waals surface area contributed by atoms with E-state index in [0.29, 0.717) is 11.7 Å². The van der Waals surface area contributed by atoms with Gasteiger partial charge in [0.1, 0.15) is 5.82 Å². The summed E-state index contributed by atoms with van der Waals surface area (Å²) in [6.45, 7) is 0. The van der Waals surface area contributed by atoms with E-state index in [1.54, 1.807) is 6.20 Å². The molecule has 0 aromatic carbocycles. The van der Waals surface area contributed by atoms with Crippen LogP contribution in [0.2, 0.25) is 0 Å². The fourth-order valence-electron chi connectivity index (χ4n) is 1.78. The van der Waals surface area contributed by atoms with Crippen molar-refractivity contribution in [3.63, 3.8) is 0 Å². The van der Waals surface area contributed by atoms with E-state index in [9.17, 15) is 0 Å². The number of hydrogen-bond acceptors (Lipinski definition) is 3. The van der Waals surface area contributed by atoms with Crippen molar-refractivity contribution in [2.75, 3.05) is 5.73 Å². The maximum absolute atomic E-state index is 5.45. The Morgan fingerprint density at radius 1 is 1.17 bits per heavy atom. The summed E-state index contributed by atoms with van der Waals surface area (Å²) >= 11 is 0. The van der Waals surface area contributed by atoms with Crippen LogP contribution in [0.25, 0.3) is 0 Å². The van der Waals surface area contributed by atoms with Gasteiger partial charge in [-0.15, -0.1) is 0 Å². The Labute approximate surface area is 72.0 Å². The predicted molar refractivity (Wildman–Crippen MR) is 47.7 cm³/mol. The number of hydrogen-bond donors (Lipinski definition) is 1. The molecular formula is C9H13N3. The molecule has 0 radical (unpaired) electrons. The van der Waals surface area contributed by atoms with Gasteiger partial charge in [0.05, 0.1) is 18.1 Å². The molecule has 12 heavy (non-hydrogen) atoms. The molecule has 64 valence electrons. The van der Waals surface area contributed by atoms with Gasteiger partial charge in [0.25, 0.3) is 0 Å². The third kappa shape index (κ3) is 1.40. The average molecular weight is 163 g/mol. The average Bonchev–Trinajstić information content (AvgIpc) is 2.58. The summed E-state index contributed by atoms with van der Waals surface area (Å²) in [7, 11) is 0. The topological polar surface area (TPSA) is 51.8 Å².